The van der Waals surface area contributed by atoms with Crippen molar-refractivity contribution in [1.82, 2.24) is 9.78 Å². The molecule has 3 aromatic carbocycles. The summed E-state index contributed by atoms with van der Waals surface area (Å²) >= 11 is 18.1. The first-order valence-electron chi connectivity index (χ1n) is 9.93. The Morgan fingerprint density at radius 2 is 1.80 bits per heavy atom. The summed E-state index contributed by atoms with van der Waals surface area (Å²) < 4.78 is 12.6. The van der Waals surface area contributed by atoms with Gasteiger partial charge in [0.1, 0.15) is 22.9 Å². The molecule has 0 atom stereocenters. The number of halogens is 3. The molecule has 0 saturated carbocycles. The molecule has 35 heavy (non-hydrogen) atoms. The molecule has 0 radical (unpaired) electrons. The molecule has 9 nitrogen and oxygen atoms in total. The van der Waals surface area contributed by atoms with E-state index in [-0.39, 0.29) is 40.3 Å². The molecular weight excluding hydrogens is 519 g/mol. The fourth-order valence-corrected chi connectivity index (χ4v) is 3.66. The SMILES string of the molecule is O=C(Nc1cc(Oc2ccc(Cl)cc2Cl)cc([N+](=O)[O-])c1)c1ccnn1COc1ccccc1Cl. The highest BCUT2D eigenvalue weighted by Gasteiger charge is 2.17. The third-order valence-corrected chi connectivity index (χ3v) is 5.45. The first-order chi connectivity index (χ1) is 16.8. The van der Waals surface area contributed by atoms with Gasteiger partial charge in [-0.1, -0.05) is 46.9 Å². The van der Waals surface area contributed by atoms with Gasteiger partial charge in [-0.2, -0.15) is 5.10 Å². The lowest BCUT2D eigenvalue weighted by Crippen LogP contribution is -2.19. The lowest BCUT2D eigenvalue weighted by Gasteiger charge is -2.12. The molecule has 4 rings (SSSR count). The number of para-hydroxylation sites is 1. The van der Waals surface area contributed by atoms with Crippen LogP contribution < -0.4 is 14.8 Å². The number of carbonyl (C=O) groups excluding carboxylic acids is 1. The Morgan fingerprint density at radius 3 is 2.54 bits per heavy atom. The number of hydrogen-bond donors (Lipinski definition) is 1. The molecule has 4 aromatic rings. The molecular formula is C23H15Cl3N4O5. The van der Waals surface area contributed by atoms with Crippen LogP contribution in [0.3, 0.4) is 0 Å². The quantitative estimate of drug-likeness (QED) is 0.196. The number of nitro groups is 1. The monoisotopic (exact) mass is 532 g/mol. The number of rotatable bonds is 8. The Hall–Kier alpha value is -3.79. The van der Waals surface area contributed by atoms with Crippen molar-refractivity contribution in [3.63, 3.8) is 0 Å². The van der Waals surface area contributed by atoms with Gasteiger partial charge in [0.25, 0.3) is 11.6 Å². The van der Waals surface area contributed by atoms with Crippen LogP contribution in [0, 0.1) is 10.1 Å². The Kier molecular flexibility index (Phi) is 7.40. The molecule has 1 heterocycles. The van der Waals surface area contributed by atoms with E-state index in [9.17, 15) is 14.9 Å². The van der Waals surface area contributed by atoms with Crippen molar-refractivity contribution < 1.29 is 19.2 Å². The predicted molar refractivity (Wildman–Crippen MR) is 132 cm³/mol. The fourth-order valence-electron chi connectivity index (χ4n) is 3.02. The van der Waals surface area contributed by atoms with Crippen molar-refractivity contribution in [2.75, 3.05) is 5.32 Å². The van der Waals surface area contributed by atoms with E-state index in [1.54, 1.807) is 30.3 Å². The summed E-state index contributed by atoms with van der Waals surface area (Å²) in [6.45, 7) is -0.0855. The molecule has 0 unspecified atom stereocenters. The third kappa shape index (κ3) is 6.02. The number of amides is 1. The predicted octanol–water partition coefficient (Wildman–Crippen LogP) is 6.83. The number of ether oxygens (including phenoxy) is 2. The number of carbonyl (C=O) groups is 1. The average molecular weight is 534 g/mol. The van der Waals surface area contributed by atoms with Gasteiger partial charge in [0.2, 0.25) is 0 Å². The van der Waals surface area contributed by atoms with Gasteiger partial charge in [0, 0.05) is 23.4 Å². The van der Waals surface area contributed by atoms with Crippen molar-refractivity contribution in [2.24, 2.45) is 0 Å². The summed E-state index contributed by atoms with van der Waals surface area (Å²) in [4.78, 5) is 23.8. The van der Waals surface area contributed by atoms with E-state index in [1.807, 2.05) is 0 Å². The molecule has 0 bridgehead atoms. The molecule has 1 N–H and O–H groups in total. The summed E-state index contributed by atoms with van der Waals surface area (Å²) in [5, 5.41) is 19.2. The van der Waals surface area contributed by atoms with E-state index in [1.165, 1.54) is 47.3 Å². The first-order valence-corrected chi connectivity index (χ1v) is 11.1. The Balaban J connectivity index is 1.54. The van der Waals surface area contributed by atoms with Gasteiger partial charge in [-0.25, -0.2) is 4.68 Å². The highest BCUT2D eigenvalue weighted by molar-refractivity contribution is 6.35. The second-order valence-corrected chi connectivity index (χ2v) is 8.27. The van der Waals surface area contributed by atoms with Crippen LogP contribution in [0.2, 0.25) is 15.1 Å². The van der Waals surface area contributed by atoms with E-state index in [0.717, 1.165) is 0 Å². The van der Waals surface area contributed by atoms with Crippen molar-refractivity contribution in [2.45, 2.75) is 6.73 Å². The first kappa shape index (κ1) is 24.3. The van der Waals surface area contributed by atoms with Crippen LogP contribution in [0.1, 0.15) is 10.5 Å². The second-order valence-electron chi connectivity index (χ2n) is 7.02. The summed E-state index contributed by atoms with van der Waals surface area (Å²) in [6, 6.07) is 16.8. The Labute approximate surface area is 213 Å². The minimum Gasteiger partial charge on any atom is -0.470 e. The molecule has 0 aliphatic heterocycles. The maximum atomic E-state index is 12.9. The van der Waals surface area contributed by atoms with Crippen molar-refractivity contribution in [1.29, 1.82) is 0 Å². The van der Waals surface area contributed by atoms with Gasteiger partial charge in [0.15, 0.2) is 6.73 Å². The molecule has 1 amide bonds. The van der Waals surface area contributed by atoms with Crippen molar-refractivity contribution >= 4 is 52.1 Å². The minimum atomic E-state index is -0.603. The zero-order valence-electron chi connectivity index (χ0n) is 17.7. The Morgan fingerprint density at radius 1 is 1.00 bits per heavy atom. The molecule has 178 valence electrons. The second kappa shape index (κ2) is 10.6. The van der Waals surface area contributed by atoms with Crippen LogP contribution in [0.4, 0.5) is 11.4 Å². The van der Waals surface area contributed by atoms with E-state index in [4.69, 9.17) is 44.3 Å². The molecule has 12 heteroatoms. The van der Waals surface area contributed by atoms with Crippen LogP contribution in [0.15, 0.2) is 72.9 Å². The van der Waals surface area contributed by atoms with E-state index in [0.29, 0.717) is 15.8 Å². The van der Waals surface area contributed by atoms with Crippen LogP contribution >= 0.6 is 34.8 Å². The lowest BCUT2D eigenvalue weighted by molar-refractivity contribution is -0.384. The van der Waals surface area contributed by atoms with Crippen LogP contribution in [0.25, 0.3) is 0 Å². The summed E-state index contributed by atoms with van der Waals surface area (Å²) in [5.74, 6) is 0.191. The van der Waals surface area contributed by atoms with Crippen molar-refractivity contribution in [3.05, 3.63) is 104 Å². The van der Waals surface area contributed by atoms with Crippen LogP contribution in [-0.4, -0.2) is 20.6 Å². The van der Waals surface area contributed by atoms with E-state index < -0.39 is 10.8 Å². The molecule has 0 aliphatic rings. The normalized spacial score (nSPS) is 10.6. The molecule has 0 saturated heterocycles. The zero-order valence-corrected chi connectivity index (χ0v) is 19.9. The molecule has 0 spiro atoms. The maximum Gasteiger partial charge on any atom is 0.275 e. The Bertz CT molecular complexity index is 1410. The number of nitro benzene ring substituents is 1. The topological polar surface area (TPSA) is 109 Å². The summed E-state index contributed by atoms with van der Waals surface area (Å²) in [6.07, 6.45) is 1.43. The third-order valence-electron chi connectivity index (χ3n) is 4.61. The number of hydrogen-bond acceptors (Lipinski definition) is 6. The van der Waals surface area contributed by atoms with E-state index in [2.05, 4.69) is 10.4 Å². The molecule has 0 fully saturated rings. The number of nitrogens with one attached hydrogen (secondary N) is 1. The van der Waals surface area contributed by atoms with Gasteiger partial charge < -0.3 is 14.8 Å². The van der Waals surface area contributed by atoms with Gasteiger partial charge >= 0.3 is 0 Å². The smallest absolute Gasteiger partial charge is 0.275 e. The van der Waals surface area contributed by atoms with E-state index >= 15 is 0 Å². The summed E-state index contributed by atoms with van der Waals surface area (Å²) in [7, 11) is 0. The number of nitrogens with zero attached hydrogens (tertiary/aromatic N) is 3. The fraction of sp³-hybridized carbons (Fsp3) is 0.0435. The minimum absolute atomic E-state index is 0.0855. The number of aromatic nitrogens is 2. The zero-order chi connectivity index (χ0) is 24.9. The highest BCUT2D eigenvalue weighted by atomic mass is 35.5. The van der Waals surface area contributed by atoms with Crippen LogP contribution in [0.5, 0.6) is 17.2 Å². The van der Waals surface area contributed by atoms with Crippen LogP contribution in [-0.2, 0) is 6.73 Å². The van der Waals surface area contributed by atoms with Gasteiger partial charge in [-0.15, -0.1) is 0 Å². The standard InChI is InChI=1S/C23H15Cl3N4O5/c24-14-5-6-22(19(26)9-14)35-17-11-15(10-16(12-17)30(32)33)28-23(31)20-7-8-27-29(20)13-34-21-4-2-1-3-18(21)25/h1-12H,13H2,(H,28,31). The molecule has 0 aliphatic carbocycles. The maximum absolute atomic E-state index is 12.9. The lowest BCUT2D eigenvalue weighted by atomic mass is 10.2. The van der Waals surface area contributed by atoms with Gasteiger partial charge in [0.05, 0.1) is 26.7 Å². The molecule has 1 aromatic heterocycles. The van der Waals surface area contributed by atoms with Gasteiger partial charge in [-0.3, -0.25) is 14.9 Å². The largest absolute Gasteiger partial charge is 0.470 e. The average Bonchev–Trinajstić information content (AvgIpc) is 3.29. The van der Waals surface area contributed by atoms with Crippen molar-refractivity contribution in [3.8, 4) is 17.2 Å². The highest BCUT2D eigenvalue weighted by Crippen LogP contribution is 2.34. The number of non-ortho nitro benzene ring substituents is 1. The summed E-state index contributed by atoms with van der Waals surface area (Å²) in [5.41, 5.74) is -0.00530. The number of benzene rings is 3. The number of anilines is 1. The van der Waals surface area contributed by atoms with Gasteiger partial charge in [-0.05, 0) is 36.4 Å².